The first-order valence-electron chi connectivity index (χ1n) is 9.95. The lowest BCUT2D eigenvalue weighted by atomic mass is 10.1. The summed E-state index contributed by atoms with van der Waals surface area (Å²) in [6, 6.07) is 2.37. The van der Waals surface area contributed by atoms with Gasteiger partial charge in [0, 0.05) is 25.5 Å². The van der Waals surface area contributed by atoms with Crippen molar-refractivity contribution in [2.75, 3.05) is 27.3 Å². The van der Waals surface area contributed by atoms with Crippen LogP contribution in [0.15, 0.2) is 12.1 Å². The Labute approximate surface area is 183 Å². The number of ether oxygens (including phenoxy) is 3. The largest absolute Gasteiger partial charge is 0.493 e. The highest BCUT2D eigenvalue weighted by molar-refractivity contribution is 5.99. The van der Waals surface area contributed by atoms with Crippen molar-refractivity contribution in [1.82, 2.24) is 9.80 Å². The summed E-state index contributed by atoms with van der Waals surface area (Å²) < 4.78 is 44.1. The Morgan fingerprint density at radius 2 is 1.78 bits per heavy atom. The van der Waals surface area contributed by atoms with Gasteiger partial charge in [-0.1, -0.05) is 0 Å². The van der Waals surface area contributed by atoms with E-state index in [0.717, 1.165) is 4.90 Å². The molecule has 9 nitrogen and oxygen atoms in total. The molecule has 32 heavy (non-hydrogen) atoms. The molecule has 172 valence electrons. The number of carbonyl (C=O) groups is 3. The fourth-order valence-corrected chi connectivity index (χ4v) is 4.02. The smallest absolute Gasteiger partial charge is 0.308 e. The van der Waals surface area contributed by atoms with Crippen LogP contribution in [0.25, 0.3) is 0 Å². The molecule has 0 saturated carbocycles. The summed E-state index contributed by atoms with van der Waals surface area (Å²) in [7, 11) is 2.56. The molecule has 0 bridgehead atoms. The van der Waals surface area contributed by atoms with Crippen LogP contribution in [0.2, 0.25) is 0 Å². The zero-order chi connectivity index (χ0) is 23.6. The second-order valence-corrected chi connectivity index (χ2v) is 7.63. The van der Waals surface area contributed by atoms with Crippen LogP contribution in [0.4, 0.5) is 8.78 Å². The maximum Gasteiger partial charge on any atom is 0.308 e. The number of likely N-dealkylation sites (tertiary alicyclic amines) is 2. The zero-order valence-corrected chi connectivity index (χ0v) is 17.9. The third-order valence-electron chi connectivity index (χ3n) is 5.45. The van der Waals surface area contributed by atoms with Crippen molar-refractivity contribution in [2.24, 2.45) is 0 Å². The Kier molecular flexibility index (Phi) is 6.52. The Balaban J connectivity index is 1.96. The van der Waals surface area contributed by atoms with E-state index in [1.807, 2.05) is 6.07 Å². The normalized spacial score (nSPS) is 21.8. The van der Waals surface area contributed by atoms with Gasteiger partial charge in [-0.05, 0) is 25.0 Å². The van der Waals surface area contributed by atoms with E-state index in [4.69, 9.17) is 14.2 Å². The third-order valence-corrected chi connectivity index (χ3v) is 5.45. The van der Waals surface area contributed by atoms with Crippen molar-refractivity contribution in [2.45, 2.75) is 44.2 Å². The first kappa shape index (κ1) is 23.2. The summed E-state index contributed by atoms with van der Waals surface area (Å²) in [5, 5.41) is 9.25. The van der Waals surface area contributed by atoms with Gasteiger partial charge in [-0.25, -0.2) is 8.78 Å². The standard InChI is InChI=1S/C21H23F2N3O6/c1-12(27)32-18-16(30-2)7-13(8-17(18)31-3)19(28)26-11-21(22,23)9-15(26)20(29)25-6-4-5-14(25)10-24/h7-8,14-15H,4-6,9,11H2,1-3H3/t14-,15-/m0/s1. The van der Waals surface area contributed by atoms with Gasteiger partial charge >= 0.3 is 5.97 Å². The molecular formula is C21H23F2N3O6. The highest BCUT2D eigenvalue weighted by atomic mass is 19.3. The molecule has 2 aliphatic rings. The molecule has 2 aliphatic heterocycles. The van der Waals surface area contributed by atoms with E-state index in [9.17, 15) is 28.4 Å². The summed E-state index contributed by atoms with van der Waals surface area (Å²) in [4.78, 5) is 39.7. The van der Waals surface area contributed by atoms with Crippen molar-refractivity contribution in [3.8, 4) is 23.3 Å². The molecule has 3 rings (SSSR count). The van der Waals surface area contributed by atoms with E-state index < -0.39 is 48.8 Å². The quantitative estimate of drug-likeness (QED) is 0.498. The number of rotatable bonds is 5. The van der Waals surface area contributed by atoms with E-state index in [2.05, 4.69) is 0 Å². The first-order valence-corrected chi connectivity index (χ1v) is 9.95. The molecule has 11 heteroatoms. The molecule has 1 aromatic rings. The Bertz CT molecular complexity index is 952. The maximum atomic E-state index is 14.3. The number of alkyl halides is 2. The maximum absolute atomic E-state index is 14.3. The molecule has 0 aliphatic carbocycles. The number of hydrogen-bond acceptors (Lipinski definition) is 7. The van der Waals surface area contributed by atoms with Crippen molar-refractivity contribution in [3.05, 3.63) is 17.7 Å². The zero-order valence-electron chi connectivity index (χ0n) is 17.9. The summed E-state index contributed by atoms with van der Waals surface area (Å²) in [5.41, 5.74) is -0.0802. The van der Waals surface area contributed by atoms with Crippen LogP contribution < -0.4 is 14.2 Å². The van der Waals surface area contributed by atoms with E-state index in [-0.39, 0.29) is 29.4 Å². The van der Waals surface area contributed by atoms with Gasteiger partial charge in [-0.15, -0.1) is 0 Å². The van der Waals surface area contributed by atoms with Crippen LogP contribution in [0.5, 0.6) is 17.2 Å². The predicted molar refractivity (Wildman–Crippen MR) is 106 cm³/mol. The van der Waals surface area contributed by atoms with Crippen LogP contribution in [0, 0.1) is 11.3 Å². The lowest BCUT2D eigenvalue weighted by Gasteiger charge is -2.29. The summed E-state index contributed by atoms with van der Waals surface area (Å²) >= 11 is 0. The molecular weight excluding hydrogens is 428 g/mol. The molecule has 0 N–H and O–H groups in total. The minimum Gasteiger partial charge on any atom is -0.493 e. The Morgan fingerprint density at radius 1 is 1.16 bits per heavy atom. The molecule has 2 fully saturated rings. The topological polar surface area (TPSA) is 109 Å². The molecule has 0 aromatic heterocycles. The third kappa shape index (κ3) is 4.44. The minimum atomic E-state index is -3.26. The van der Waals surface area contributed by atoms with Crippen LogP contribution in [0.3, 0.4) is 0 Å². The van der Waals surface area contributed by atoms with Crippen LogP contribution in [-0.4, -0.2) is 72.9 Å². The summed E-state index contributed by atoms with van der Waals surface area (Å²) in [6.07, 6.45) is 0.227. The van der Waals surface area contributed by atoms with Crippen LogP contribution >= 0.6 is 0 Å². The molecule has 0 unspecified atom stereocenters. The first-order chi connectivity index (χ1) is 15.1. The average molecular weight is 451 g/mol. The average Bonchev–Trinajstić information content (AvgIpc) is 3.36. The fraction of sp³-hybridized carbons (Fsp3) is 0.524. The predicted octanol–water partition coefficient (Wildman–Crippen LogP) is 1.99. The van der Waals surface area contributed by atoms with Gasteiger partial charge in [0.1, 0.15) is 12.1 Å². The highest BCUT2D eigenvalue weighted by Crippen LogP contribution is 2.41. The van der Waals surface area contributed by atoms with Crippen molar-refractivity contribution >= 4 is 17.8 Å². The lowest BCUT2D eigenvalue weighted by molar-refractivity contribution is -0.135. The van der Waals surface area contributed by atoms with Crippen molar-refractivity contribution < 1.29 is 37.4 Å². The SMILES string of the molecule is COc1cc(C(=O)N2CC(F)(F)C[C@H]2C(=O)N2CCC[C@H]2C#N)cc(OC)c1OC(C)=O. The molecule has 2 amide bonds. The Morgan fingerprint density at radius 3 is 2.31 bits per heavy atom. The van der Waals surface area contributed by atoms with E-state index in [1.165, 1.54) is 38.2 Å². The van der Waals surface area contributed by atoms with Gasteiger partial charge in [-0.2, -0.15) is 5.26 Å². The number of benzene rings is 1. The van der Waals surface area contributed by atoms with Gasteiger partial charge in [0.05, 0.1) is 26.8 Å². The Hall–Kier alpha value is -3.42. The molecule has 0 radical (unpaired) electrons. The van der Waals surface area contributed by atoms with Crippen LogP contribution in [-0.2, 0) is 9.59 Å². The fourth-order valence-electron chi connectivity index (χ4n) is 4.02. The van der Waals surface area contributed by atoms with Gasteiger partial charge in [-0.3, -0.25) is 14.4 Å². The van der Waals surface area contributed by atoms with Gasteiger partial charge < -0.3 is 24.0 Å². The number of halogens is 2. The monoisotopic (exact) mass is 451 g/mol. The number of methoxy groups -OCH3 is 2. The van der Waals surface area contributed by atoms with Gasteiger partial charge in [0.25, 0.3) is 11.8 Å². The van der Waals surface area contributed by atoms with Crippen LogP contribution in [0.1, 0.15) is 36.5 Å². The molecule has 2 atom stereocenters. The van der Waals surface area contributed by atoms with E-state index >= 15 is 0 Å². The highest BCUT2D eigenvalue weighted by Gasteiger charge is 2.52. The molecule has 0 spiro atoms. The molecule has 2 saturated heterocycles. The number of esters is 1. The number of nitriles is 1. The second kappa shape index (κ2) is 8.98. The molecule has 1 aromatic carbocycles. The number of amides is 2. The second-order valence-electron chi connectivity index (χ2n) is 7.63. The van der Waals surface area contributed by atoms with E-state index in [1.54, 1.807) is 0 Å². The summed E-state index contributed by atoms with van der Waals surface area (Å²) in [5.74, 6) is -5.50. The van der Waals surface area contributed by atoms with Gasteiger partial charge in [0.15, 0.2) is 11.5 Å². The van der Waals surface area contributed by atoms with E-state index in [0.29, 0.717) is 12.8 Å². The number of hydrogen-bond donors (Lipinski definition) is 0. The lowest BCUT2D eigenvalue weighted by Crippen LogP contribution is -2.49. The van der Waals surface area contributed by atoms with Gasteiger partial charge in [0.2, 0.25) is 11.7 Å². The van der Waals surface area contributed by atoms with Crippen molar-refractivity contribution in [1.29, 1.82) is 5.26 Å². The number of carbonyl (C=O) groups excluding carboxylic acids is 3. The molecule has 2 heterocycles. The minimum absolute atomic E-state index is 0.0131. The van der Waals surface area contributed by atoms with Crippen molar-refractivity contribution in [3.63, 3.8) is 0 Å². The summed E-state index contributed by atoms with van der Waals surface area (Å²) in [6.45, 7) is 0.511. The number of nitrogens with zero attached hydrogens (tertiary/aromatic N) is 3.